The number of aliphatic carboxylic acids is 3. The van der Waals surface area contributed by atoms with Crippen molar-refractivity contribution in [2.24, 2.45) is 5.73 Å². The molecule has 14 heteroatoms. The van der Waals surface area contributed by atoms with E-state index in [4.69, 9.17) is 21.1 Å². The number of carboxylic acid groups (broad SMARTS) is 3. The van der Waals surface area contributed by atoms with E-state index in [0.29, 0.717) is 0 Å². The van der Waals surface area contributed by atoms with E-state index in [1.165, 1.54) is 0 Å². The molecule has 152 valence electrons. The molecule has 3 unspecified atom stereocenters. The highest BCUT2D eigenvalue weighted by Crippen LogP contribution is 1.99. The minimum Gasteiger partial charge on any atom is -0.481 e. The van der Waals surface area contributed by atoms with Crippen LogP contribution in [0.15, 0.2) is 0 Å². The lowest BCUT2D eigenvalue weighted by Crippen LogP contribution is -2.57. The smallest absolute Gasteiger partial charge is 0.322 e. The second-order valence-corrected chi connectivity index (χ2v) is 5.58. The van der Waals surface area contributed by atoms with Gasteiger partial charge < -0.3 is 37.0 Å². The maximum atomic E-state index is 12.2. The van der Waals surface area contributed by atoms with Crippen molar-refractivity contribution in [3.63, 3.8) is 0 Å². The van der Waals surface area contributed by atoms with Gasteiger partial charge in [0, 0.05) is 5.75 Å². The highest BCUT2D eigenvalue weighted by Gasteiger charge is 2.29. The Morgan fingerprint density at radius 3 is 1.74 bits per heavy atom. The van der Waals surface area contributed by atoms with Crippen LogP contribution in [0.3, 0.4) is 0 Å². The van der Waals surface area contributed by atoms with Crippen molar-refractivity contribution >= 4 is 48.3 Å². The van der Waals surface area contributed by atoms with Gasteiger partial charge in [-0.3, -0.25) is 28.8 Å². The van der Waals surface area contributed by atoms with E-state index < -0.39 is 73.1 Å². The molecule has 0 fully saturated rings. The molecule has 0 aromatic carbocycles. The molecule has 0 saturated carbocycles. The van der Waals surface area contributed by atoms with Crippen molar-refractivity contribution in [3.05, 3.63) is 0 Å². The fourth-order valence-corrected chi connectivity index (χ4v) is 1.95. The summed E-state index contributed by atoms with van der Waals surface area (Å²) in [5.74, 6) is -7.43. The van der Waals surface area contributed by atoms with Gasteiger partial charge in [0.2, 0.25) is 17.7 Å². The molecule has 0 heterocycles. The van der Waals surface area contributed by atoms with E-state index >= 15 is 0 Å². The van der Waals surface area contributed by atoms with Crippen molar-refractivity contribution in [1.29, 1.82) is 0 Å². The minimum atomic E-state index is -1.65. The molecule has 8 N–H and O–H groups in total. The molecule has 3 amide bonds. The zero-order chi connectivity index (χ0) is 21.1. The van der Waals surface area contributed by atoms with Crippen LogP contribution in [0.5, 0.6) is 0 Å². The number of carboxylic acids is 3. The Morgan fingerprint density at radius 1 is 0.778 bits per heavy atom. The fraction of sp³-hybridized carbons (Fsp3) is 0.538. The summed E-state index contributed by atoms with van der Waals surface area (Å²) in [5.41, 5.74) is 5.34. The third-order valence-electron chi connectivity index (χ3n) is 2.97. The van der Waals surface area contributed by atoms with Gasteiger partial charge in [-0.15, -0.1) is 0 Å². The van der Waals surface area contributed by atoms with E-state index in [-0.39, 0.29) is 5.75 Å². The summed E-state index contributed by atoms with van der Waals surface area (Å²) < 4.78 is 0. The first kappa shape index (κ1) is 24.1. The summed E-state index contributed by atoms with van der Waals surface area (Å²) in [6.45, 7) is -0.710. The predicted molar refractivity (Wildman–Crippen MR) is 90.8 cm³/mol. The van der Waals surface area contributed by atoms with Gasteiger partial charge in [-0.2, -0.15) is 12.6 Å². The molecule has 0 bridgehead atoms. The second kappa shape index (κ2) is 11.7. The van der Waals surface area contributed by atoms with Crippen LogP contribution in [0, 0.1) is 0 Å². The molecule has 27 heavy (non-hydrogen) atoms. The van der Waals surface area contributed by atoms with Gasteiger partial charge in [-0.1, -0.05) is 0 Å². The first-order chi connectivity index (χ1) is 12.5. The summed E-state index contributed by atoms with van der Waals surface area (Å²) in [7, 11) is 0. The van der Waals surface area contributed by atoms with E-state index in [9.17, 15) is 28.8 Å². The molecule has 0 rings (SSSR count). The molecule has 0 aliphatic heterocycles. The highest BCUT2D eigenvalue weighted by atomic mass is 32.1. The number of amides is 3. The van der Waals surface area contributed by atoms with Gasteiger partial charge in [0.1, 0.15) is 18.6 Å². The van der Waals surface area contributed by atoms with Crippen molar-refractivity contribution in [1.82, 2.24) is 16.0 Å². The number of thiol groups is 1. The Hall–Kier alpha value is -2.87. The summed E-state index contributed by atoms with van der Waals surface area (Å²) in [6, 6.07) is -4.48. The maximum absolute atomic E-state index is 12.2. The van der Waals surface area contributed by atoms with Crippen LogP contribution < -0.4 is 21.7 Å². The molecule has 0 saturated heterocycles. The van der Waals surface area contributed by atoms with Crippen LogP contribution >= 0.6 is 12.6 Å². The molecular formula is C13H20N4O9S. The zero-order valence-corrected chi connectivity index (χ0v) is 14.8. The van der Waals surface area contributed by atoms with Gasteiger partial charge in [0.25, 0.3) is 0 Å². The van der Waals surface area contributed by atoms with Crippen LogP contribution in [0.1, 0.15) is 12.8 Å². The Labute approximate surface area is 158 Å². The number of carbonyl (C=O) groups is 6. The number of rotatable bonds is 12. The lowest BCUT2D eigenvalue weighted by Gasteiger charge is -2.22. The Balaban J connectivity index is 5.05. The second-order valence-electron chi connectivity index (χ2n) is 5.22. The molecule has 0 aliphatic carbocycles. The van der Waals surface area contributed by atoms with Crippen LogP contribution in [-0.2, 0) is 28.8 Å². The maximum Gasteiger partial charge on any atom is 0.322 e. The van der Waals surface area contributed by atoms with E-state index in [2.05, 4.69) is 17.9 Å². The topological polar surface area (TPSA) is 225 Å². The Kier molecular flexibility index (Phi) is 10.4. The fourth-order valence-electron chi connectivity index (χ4n) is 1.70. The molecule has 0 spiro atoms. The number of hydrogen-bond donors (Lipinski definition) is 8. The van der Waals surface area contributed by atoms with Gasteiger partial charge in [-0.25, -0.2) is 0 Å². The summed E-state index contributed by atoms with van der Waals surface area (Å²) in [6.07, 6.45) is -1.61. The number of carbonyl (C=O) groups excluding carboxylic acids is 3. The van der Waals surface area contributed by atoms with Crippen molar-refractivity contribution in [2.75, 3.05) is 12.3 Å². The summed E-state index contributed by atoms with van der Waals surface area (Å²) in [4.78, 5) is 67.7. The third kappa shape index (κ3) is 10.0. The first-order valence-electron chi connectivity index (χ1n) is 7.38. The molecule has 0 radical (unpaired) electrons. The quantitative estimate of drug-likeness (QED) is 0.148. The minimum absolute atomic E-state index is 0.247. The molecule has 0 aromatic heterocycles. The van der Waals surface area contributed by atoms with Crippen molar-refractivity contribution < 1.29 is 44.1 Å². The monoisotopic (exact) mass is 408 g/mol. The average molecular weight is 408 g/mol. The summed E-state index contributed by atoms with van der Waals surface area (Å²) >= 11 is 3.84. The normalized spacial score (nSPS) is 13.6. The zero-order valence-electron chi connectivity index (χ0n) is 13.9. The Morgan fingerprint density at radius 2 is 1.30 bits per heavy atom. The van der Waals surface area contributed by atoms with Gasteiger partial charge in [0.15, 0.2) is 0 Å². The molecule has 0 aromatic rings. The number of nitrogens with one attached hydrogen (secondary N) is 3. The third-order valence-corrected chi connectivity index (χ3v) is 3.34. The van der Waals surface area contributed by atoms with E-state index in [1.54, 1.807) is 0 Å². The number of nitrogens with two attached hydrogens (primary N) is 1. The van der Waals surface area contributed by atoms with Crippen LogP contribution in [0.25, 0.3) is 0 Å². The summed E-state index contributed by atoms with van der Waals surface area (Å²) in [5, 5.41) is 32.1. The Bertz CT molecular complexity index is 613. The van der Waals surface area contributed by atoms with Crippen LogP contribution in [0.4, 0.5) is 0 Å². The predicted octanol–water partition coefficient (Wildman–Crippen LogP) is -3.64. The lowest BCUT2D eigenvalue weighted by atomic mass is 10.1. The lowest BCUT2D eigenvalue weighted by molar-refractivity contribution is -0.142. The molecule has 3 atom stereocenters. The standard InChI is InChI=1S/C13H20N4O9S/c14-5(1-8(18)19)11(24)16-6(2-9(20)21)13(26)17-7(4-27)12(25)15-3-10(22)23/h5-7,27H,1-4,14H2,(H,15,25)(H,16,24)(H,17,26)(H,18,19)(H,20,21)(H,22,23). The van der Waals surface area contributed by atoms with E-state index in [0.717, 1.165) is 0 Å². The largest absolute Gasteiger partial charge is 0.481 e. The van der Waals surface area contributed by atoms with E-state index in [1.807, 2.05) is 10.6 Å². The molecule has 13 nitrogen and oxygen atoms in total. The van der Waals surface area contributed by atoms with Crippen LogP contribution in [0.2, 0.25) is 0 Å². The average Bonchev–Trinajstić information content (AvgIpc) is 2.55. The van der Waals surface area contributed by atoms with Crippen molar-refractivity contribution in [2.45, 2.75) is 31.0 Å². The number of hydrogen-bond acceptors (Lipinski definition) is 8. The highest BCUT2D eigenvalue weighted by molar-refractivity contribution is 7.80. The van der Waals surface area contributed by atoms with Crippen LogP contribution in [-0.4, -0.2) is 81.4 Å². The first-order valence-corrected chi connectivity index (χ1v) is 8.01. The van der Waals surface area contributed by atoms with Gasteiger partial charge in [-0.05, 0) is 0 Å². The molecule has 0 aliphatic rings. The van der Waals surface area contributed by atoms with Gasteiger partial charge >= 0.3 is 17.9 Å². The molecular weight excluding hydrogens is 388 g/mol. The van der Waals surface area contributed by atoms with Gasteiger partial charge in [0.05, 0.1) is 18.9 Å². The van der Waals surface area contributed by atoms with Crippen molar-refractivity contribution in [3.8, 4) is 0 Å². The SMILES string of the molecule is NC(CC(=O)O)C(=O)NC(CC(=O)O)C(=O)NC(CS)C(=O)NCC(=O)O.